The Morgan fingerprint density at radius 2 is 1.74 bits per heavy atom. The zero-order valence-corrected chi connectivity index (χ0v) is 12.2. The van der Waals surface area contributed by atoms with Crippen molar-refractivity contribution in [2.45, 2.75) is 6.04 Å². The summed E-state index contributed by atoms with van der Waals surface area (Å²) in [4.78, 5) is 20.7. The van der Waals surface area contributed by atoms with Crippen molar-refractivity contribution in [3.63, 3.8) is 0 Å². The van der Waals surface area contributed by atoms with Gasteiger partial charge in [-0.25, -0.2) is 4.39 Å². The summed E-state index contributed by atoms with van der Waals surface area (Å²) >= 11 is 0. The summed E-state index contributed by atoms with van der Waals surface area (Å²) in [5.74, 6) is -0.707. The monoisotopic (exact) mass is 307 g/mol. The summed E-state index contributed by atoms with van der Waals surface area (Å²) in [6, 6.07) is 16.0. The first-order valence-electron chi connectivity index (χ1n) is 7.12. The van der Waals surface area contributed by atoms with Crippen LogP contribution in [0.15, 0.2) is 73.1 Å². The number of halogens is 1. The smallest absolute Gasteiger partial charge is 0.270 e. The van der Waals surface area contributed by atoms with Gasteiger partial charge in [-0.15, -0.1) is 0 Å². The molecule has 1 amide bonds. The minimum Gasteiger partial charge on any atom is -0.338 e. The highest BCUT2D eigenvalue weighted by Crippen LogP contribution is 2.21. The molecule has 3 aromatic rings. The first-order chi connectivity index (χ1) is 11.2. The third-order valence-corrected chi connectivity index (χ3v) is 3.34. The molecule has 1 atom stereocenters. The molecule has 0 bridgehead atoms. The van der Waals surface area contributed by atoms with E-state index in [9.17, 15) is 9.18 Å². The standard InChI is InChI=1S/C18H14FN3O/c19-14-7-5-6-13(12-14)17(15-8-1-3-10-20-15)22-18(23)16-9-2-4-11-21-16/h1-12,17H,(H,22,23). The van der Waals surface area contributed by atoms with Gasteiger partial charge in [0, 0.05) is 12.4 Å². The highest BCUT2D eigenvalue weighted by molar-refractivity contribution is 5.92. The second-order valence-electron chi connectivity index (χ2n) is 4.93. The molecule has 0 saturated heterocycles. The number of hydrogen-bond acceptors (Lipinski definition) is 3. The van der Waals surface area contributed by atoms with Gasteiger partial charge in [0.25, 0.3) is 5.91 Å². The van der Waals surface area contributed by atoms with Crippen molar-refractivity contribution in [1.82, 2.24) is 15.3 Å². The van der Waals surface area contributed by atoms with Crippen LogP contribution in [-0.4, -0.2) is 15.9 Å². The average Bonchev–Trinajstić information content (AvgIpc) is 2.61. The van der Waals surface area contributed by atoms with Crippen molar-refractivity contribution < 1.29 is 9.18 Å². The van der Waals surface area contributed by atoms with Crippen LogP contribution in [0.5, 0.6) is 0 Å². The van der Waals surface area contributed by atoms with Crippen LogP contribution >= 0.6 is 0 Å². The molecule has 3 rings (SSSR count). The van der Waals surface area contributed by atoms with E-state index in [0.29, 0.717) is 17.0 Å². The van der Waals surface area contributed by atoms with Crippen LogP contribution in [0, 0.1) is 5.82 Å². The fourth-order valence-electron chi connectivity index (χ4n) is 2.26. The zero-order valence-electron chi connectivity index (χ0n) is 12.2. The first kappa shape index (κ1) is 14.8. The van der Waals surface area contributed by atoms with E-state index in [1.165, 1.54) is 12.1 Å². The topological polar surface area (TPSA) is 54.9 Å². The van der Waals surface area contributed by atoms with Gasteiger partial charge in [-0.1, -0.05) is 24.3 Å². The minimum absolute atomic E-state index is 0.296. The lowest BCUT2D eigenvalue weighted by molar-refractivity contribution is 0.0937. The van der Waals surface area contributed by atoms with Crippen molar-refractivity contribution in [2.75, 3.05) is 0 Å². The molecule has 0 spiro atoms. The van der Waals surface area contributed by atoms with Crippen LogP contribution in [-0.2, 0) is 0 Å². The van der Waals surface area contributed by atoms with Gasteiger partial charge >= 0.3 is 0 Å². The molecule has 1 unspecified atom stereocenters. The Morgan fingerprint density at radius 3 is 2.39 bits per heavy atom. The van der Waals surface area contributed by atoms with Gasteiger partial charge in [-0.05, 0) is 42.0 Å². The molecule has 23 heavy (non-hydrogen) atoms. The number of nitrogens with one attached hydrogen (secondary N) is 1. The number of rotatable bonds is 4. The van der Waals surface area contributed by atoms with Crippen LogP contribution in [0.1, 0.15) is 27.8 Å². The van der Waals surface area contributed by atoms with Crippen LogP contribution in [0.25, 0.3) is 0 Å². The second-order valence-corrected chi connectivity index (χ2v) is 4.93. The molecule has 2 aromatic heterocycles. The lowest BCUT2D eigenvalue weighted by atomic mass is 10.0. The van der Waals surface area contributed by atoms with Gasteiger partial charge in [0.05, 0.1) is 11.7 Å². The maximum absolute atomic E-state index is 13.6. The molecule has 4 nitrogen and oxygen atoms in total. The highest BCUT2D eigenvalue weighted by atomic mass is 19.1. The molecular formula is C18H14FN3O. The Kier molecular flexibility index (Phi) is 4.38. The van der Waals surface area contributed by atoms with Crippen LogP contribution in [0.2, 0.25) is 0 Å². The summed E-state index contributed by atoms with van der Waals surface area (Å²) in [6.07, 6.45) is 3.18. The maximum atomic E-state index is 13.6. The Balaban J connectivity index is 1.94. The Morgan fingerprint density at radius 1 is 0.957 bits per heavy atom. The molecule has 1 aromatic carbocycles. The molecule has 0 radical (unpaired) electrons. The lowest BCUT2D eigenvalue weighted by Gasteiger charge is -2.18. The Labute approximate surface area is 133 Å². The van der Waals surface area contributed by atoms with Crippen LogP contribution < -0.4 is 5.32 Å². The zero-order chi connectivity index (χ0) is 16.1. The molecule has 0 fully saturated rings. The lowest BCUT2D eigenvalue weighted by Crippen LogP contribution is -2.30. The number of aromatic nitrogens is 2. The fraction of sp³-hybridized carbons (Fsp3) is 0.0556. The molecule has 0 aliphatic heterocycles. The summed E-state index contributed by atoms with van der Waals surface area (Å²) < 4.78 is 13.6. The second kappa shape index (κ2) is 6.79. The third-order valence-electron chi connectivity index (χ3n) is 3.34. The van der Waals surface area contributed by atoms with Crippen molar-refractivity contribution in [1.29, 1.82) is 0 Å². The molecular weight excluding hydrogens is 293 g/mol. The summed E-state index contributed by atoms with van der Waals surface area (Å²) in [7, 11) is 0. The quantitative estimate of drug-likeness (QED) is 0.805. The van der Waals surface area contributed by atoms with Crippen molar-refractivity contribution >= 4 is 5.91 Å². The predicted octanol–water partition coefficient (Wildman–Crippen LogP) is 3.14. The van der Waals surface area contributed by atoms with Crippen molar-refractivity contribution in [2.24, 2.45) is 0 Å². The highest BCUT2D eigenvalue weighted by Gasteiger charge is 2.19. The third kappa shape index (κ3) is 3.58. The van der Waals surface area contributed by atoms with E-state index in [1.807, 2.05) is 6.07 Å². The minimum atomic E-state index is -0.554. The normalized spacial score (nSPS) is 11.7. The van der Waals surface area contributed by atoms with Gasteiger partial charge < -0.3 is 5.32 Å². The van der Waals surface area contributed by atoms with Gasteiger partial charge in [0.2, 0.25) is 0 Å². The Hall–Kier alpha value is -3.08. The maximum Gasteiger partial charge on any atom is 0.270 e. The number of benzene rings is 1. The molecule has 0 aliphatic rings. The van der Waals surface area contributed by atoms with E-state index in [-0.39, 0.29) is 11.7 Å². The number of carbonyl (C=O) groups is 1. The van der Waals surface area contributed by atoms with E-state index in [1.54, 1.807) is 54.9 Å². The Bertz CT molecular complexity index is 794. The van der Waals surface area contributed by atoms with Gasteiger partial charge in [-0.2, -0.15) is 0 Å². The predicted molar refractivity (Wildman–Crippen MR) is 84.2 cm³/mol. The van der Waals surface area contributed by atoms with Crippen LogP contribution in [0.4, 0.5) is 4.39 Å². The van der Waals surface area contributed by atoms with E-state index in [4.69, 9.17) is 0 Å². The van der Waals surface area contributed by atoms with Gasteiger partial charge in [-0.3, -0.25) is 14.8 Å². The molecule has 2 heterocycles. The van der Waals surface area contributed by atoms with Gasteiger partial charge in [0.1, 0.15) is 11.5 Å². The largest absolute Gasteiger partial charge is 0.338 e. The molecule has 0 aliphatic carbocycles. The van der Waals surface area contributed by atoms with E-state index in [2.05, 4.69) is 15.3 Å². The van der Waals surface area contributed by atoms with E-state index >= 15 is 0 Å². The number of carbonyl (C=O) groups excluding carboxylic acids is 1. The number of nitrogens with zero attached hydrogens (tertiary/aromatic N) is 2. The van der Waals surface area contributed by atoms with E-state index < -0.39 is 6.04 Å². The number of hydrogen-bond donors (Lipinski definition) is 1. The number of amides is 1. The van der Waals surface area contributed by atoms with Gasteiger partial charge in [0.15, 0.2) is 0 Å². The molecule has 0 saturated carbocycles. The summed E-state index contributed by atoms with van der Waals surface area (Å²) in [5, 5.41) is 2.86. The van der Waals surface area contributed by atoms with Crippen molar-refractivity contribution in [3.05, 3.63) is 95.8 Å². The molecule has 5 heteroatoms. The fourth-order valence-corrected chi connectivity index (χ4v) is 2.26. The van der Waals surface area contributed by atoms with E-state index in [0.717, 1.165) is 0 Å². The van der Waals surface area contributed by atoms with Crippen molar-refractivity contribution in [3.8, 4) is 0 Å². The molecule has 1 N–H and O–H groups in total. The summed E-state index contributed by atoms with van der Waals surface area (Å²) in [5.41, 5.74) is 1.54. The first-order valence-corrected chi connectivity index (χ1v) is 7.12. The summed E-state index contributed by atoms with van der Waals surface area (Å²) in [6.45, 7) is 0. The van der Waals surface area contributed by atoms with Crippen LogP contribution in [0.3, 0.4) is 0 Å². The average molecular weight is 307 g/mol. The SMILES string of the molecule is O=C(NC(c1cccc(F)c1)c1ccccn1)c1ccccn1. The number of pyridine rings is 2. The molecule has 114 valence electrons.